The van der Waals surface area contributed by atoms with E-state index in [4.69, 9.17) is 5.73 Å². The predicted molar refractivity (Wildman–Crippen MR) is 59.3 cm³/mol. The zero-order valence-electron chi connectivity index (χ0n) is 9.18. The summed E-state index contributed by atoms with van der Waals surface area (Å²) in [6, 6.07) is 0. The lowest BCUT2D eigenvalue weighted by Gasteiger charge is -2.02. The van der Waals surface area contributed by atoms with E-state index in [1.807, 2.05) is 0 Å². The summed E-state index contributed by atoms with van der Waals surface area (Å²) in [5, 5.41) is 2.72. The molecule has 0 aliphatic carbocycles. The number of hydrogen-bond acceptors (Lipinski definition) is 2. The number of hydrogen-bond donors (Lipinski definition) is 2. The fraction of sp³-hybridized carbons (Fsp3) is 0.800. The van der Waals surface area contributed by atoms with Gasteiger partial charge in [0, 0.05) is 13.1 Å². The lowest BCUT2D eigenvalue weighted by molar-refractivity contribution is -0.114. The van der Waals surface area contributed by atoms with E-state index in [-0.39, 0.29) is 11.7 Å². The minimum Gasteiger partial charge on any atom is -0.379 e. The predicted octanol–water partition coefficient (Wildman–Crippen LogP) is 1.06. The molecule has 0 aromatic carbocycles. The van der Waals surface area contributed by atoms with E-state index in [1.165, 1.54) is 0 Å². The Kier molecular flexibility index (Phi) is 7.89. The van der Waals surface area contributed by atoms with Gasteiger partial charge in [0.25, 0.3) is 5.91 Å². The molecule has 4 nitrogen and oxygen atoms in total. The Labute approximate surface area is 86.0 Å². The standard InChI is InChI=1S/C10H21N3O/c1-3-5-7-12-9(11)10(14)13-8-6-4-2/h3-8H2,1-2H3,(H2,11,12)(H,13,14). The van der Waals surface area contributed by atoms with Crippen LogP contribution in [0.4, 0.5) is 0 Å². The van der Waals surface area contributed by atoms with Crippen LogP contribution in [0.15, 0.2) is 4.99 Å². The first kappa shape index (κ1) is 12.9. The van der Waals surface area contributed by atoms with Crippen LogP contribution in [0.1, 0.15) is 39.5 Å². The van der Waals surface area contributed by atoms with Gasteiger partial charge in [0.05, 0.1) is 0 Å². The monoisotopic (exact) mass is 199 g/mol. The van der Waals surface area contributed by atoms with Crippen LogP contribution in [-0.4, -0.2) is 24.8 Å². The van der Waals surface area contributed by atoms with Gasteiger partial charge < -0.3 is 11.1 Å². The maximum Gasteiger partial charge on any atom is 0.286 e. The Morgan fingerprint density at radius 1 is 1.29 bits per heavy atom. The second-order valence-electron chi connectivity index (χ2n) is 3.23. The molecule has 0 saturated heterocycles. The van der Waals surface area contributed by atoms with E-state index in [0.717, 1.165) is 25.7 Å². The number of nitrogens with two attached hydrogens (primary N) is 1. The average molecular weight is 199 g/mol. The van der Waals surface area contributed by atoms with E-state index in [2.05, 4.69) is 24.2 Å². The van der Waals surface area contributed by atoms with Crippen molar-refractivity contribution in [1.82, 2.24) is 5.32 Å². The fourth-order valence-corrected chi connectivity index (χ4v) is 0.899. The van der Waals surface area contributed by atoms with E-state index in [9.17, 15) is 4.79 Å². The molecule has 0 fully saturated rings. The maximum atomic E-state index is 11.2. The average Bonchev–Trinajstić information content (AvgIpc) is 2.18. The minimum atomic E-state index is -0.241. The number of unbranched alkanes of at least 4 members (excludes halogenated alkanes) is 2. The van der Waals surface area contributed by atoms with Crippen molar-refractivity contribution in [1.29, 1.82) is 0 Å². The first-order valence-electron chi connectivity index (χ1n) is 5.30. The Balaban J connectivity index is 3.68. The molecule has 0 aromatic heterocycles. The molecule has 14 heavy (non-hydrogen) atoms. The highest BCUT2D eigenvalue weighted by Gasteiger charge is 2.04. The lowest BCUT2D eigenvalue weighted by Crippen LogP contribution is -2.37. The third kappa shape index (κ3) is 6.46. The summed E-state index contributed by atoms with van der Waals surface area (Å²) in [4.78, 5) is 15.2. The number of rotatable bonds is 6. The number of nitrogens with one attached hydrogen (secondary N) is 1. The van der Waals surface area contributed by atoms with Gasteiger partial charge in [-0.1, -0.05) is 26.7 Å². The first-order valence-corrected chi connectivity index (χ1v) is 5.30. The first-order chi connectivity index (χ1) is 6.72. The molecule has 0 heterocycles. The molecule has 0 spiro atoms. The van der Waals surface area contributed by atoms with Crippen LogP contribution in [0.2, 0.25) is 0 Å². The van der Waals surface area contributed by atoms with E-state index in [0.29, 0.717) is 13.1 Å². The topological polar surface area (TPSA) is 67.5 Å². The van der Waals surface area contributed by atoms with Crippen molar-refractivity contribution in [3.63, 3.8) is 0 Å². The molecule has 0 atom stereocenters. The van der Waals surface area contributed by atoms with E-state index < -0.39 is 0 Å². The van der Waals surface area contributed by atoms with Crippen molar-refractivity contribution in [3.8, 4) is 0 Å². The second-order valence-corrected chi connectivity index (χ2v) is 3.23. The number of amides is 1. The summed E-state index contributed by atoms with van der Waals surface area (Å²) in [6.07, 6.45) is 4.08. The maximum absolute atomic E-state index is 11.2. The Hall–Kier alpha value is -1.06. The number of carbonyl (C=O) groups is 1. The van der Waals surface area contributed by atoms with Gasteiger partial charge in [-0.3, -0.25) is 9.79 Å². The summed E-state index contributed by atoms with van der Waals surface area (Å²) in [5.74, 6) is -0.135. The summed E-state index contributed by atoms with van der Waals surface area (Å²) in [6.45, 7) is 5.47. The quantitative estimate of drug-likeness (QED) is 0.381. The van der Waals surface area contributed by atoms with Crippen molar-refractivity contribution in [2.75, 3.05) is 13.1 Å². The molecule has 0 bridgehead atoms. The summed E-state index contributed by atoms with van der Waals surface area (Å²) in [7, 11) is 0. The number of amidine groups is 1. The fourth-order valence-electron chi connectivity index (χ4n) is 0.899. The minimum absolute atomic E-state index is 0.106. The van der Waals surface area contributed by atoms with Crippen LogP contribution >= 0.6 is 0 Å². The molecule has 1 amide bonds. The Morgan fingerprint density at radius 2 is 1.93 bits per heavy atom. The van der Waals surface area contributed by atoms with E-state index >= 15 is 0 Å². The number of nitrogens with zero attached hydrogens (tertiary/aromatic N) is 1. The van der Waals surface area contributed by atoms with Gasteiger partial charge >= 0.3 is 0 Å². The van der Waals surface area contributed by atoms with E-state index in [1.54, 1.807) is 0 Å². The third-order valence-corrected chi connectivity index (χ3v) is 1.84. The van der Waals surface area contributed by atoms with Gasteiger partial charge in [-0.05, 0) is 12.8 Å². The molecule has 0 rings (SSSR count). The molecular weight excluding hydrogens is 178 g/mol. The molecule has 0 aromatic rings. The molecule has 0 saturated carbocycles. The van der Waals surface area contributed by atoms with Gasteiger partial charge in [0.15, 0.2) is 5.84 Å². The SMILES string of the molecule is CCCCN=C(N)C(=O)NCCCC. The molecule has 82 valence electrons. The second kappa shape index (κ2) is 8.53. The van der Waals surface area contributed by atoms with Gasteiger partial charge in [-0.15, -0.1) is 0 Å². The van der Waals surface area contributed by atoms with Crippen LogP contribution in [0, 0.1) is 0 Å². The van der Waals surface area contributed by atoms with Crippen LogP contribution in [-0.2, 0) is 4.79 Å². The summed E-state index contributed by atoms with van der Waals surface area (Å²) in [5.41, 5.74) is 5.48. The molecule has 0 radical (unpaired) electrons. The van der Waals surface area contributed by atoms with Crippen molar-refractivity contribution < 1.29 is 4.79 Å². The zero-order chi connectivity index (χ0) is 10.8. The molecule has 0 unspecified atom stereocenters. The summed E-state index contributed by atoms with van der Waals surface area (Å²) >= 11 is 0. The van der Waals surface area contributed by atoms with Gasteiger partial charge in [-0.25, -0.2) is 0 Å². The van der Waals surface area contributed by atoms with Crippen molar-refractivity contribution in [2.45, 2.75) is 39.5 Å². The van der Waals surface area contributed by atoms with Crippen molar-refractivity contribution in [3.05, 3.63) is 0 Å². The zero-order valence-corrected chi connectivity index (χ0v) is 9.18. The highest BCUT2D eigenvalue weighted by Crippen LogP contribution is 1.87. The molecule has 0 aliphatic rings. The van der Waals surface area contributed by atoms with Crippen LogP contribution in [0.5, 0.6) is 0 Å². The van der Waals surface area contributed by atoms with Crippen LogP contribution in [0.25, 0.3) is 0 Å². The molecule has 0 aliphatic heterocycles. The molecule has 3 N–H and O–H groups in total. The smallest absolute Gasteiger partial charge is 0.286 e. The lowest BCUT2D eigenvalue weighted by atomic mass is 10.3. The van der Waals surface area contributed by atoms with Gasteiger partial charge in [0.2, 0.25) is 0 Å². The van der Waals surface area contributed by atoms with Crippen LogP contribution in [0.3, 0.4) is 0 Å². The highest BCUT2D eigenvalue weighted by molar-refractivity contribution is 6.37. The Bertz CT molecular complexity index is 190. The largest absolute Gasteiger partial charge is 0.379 e. The van der Waals surface area contributed by atoms with Crippen molar-refractivity contribution >= 4 is 11.7 Å². The van der Waals surface area contributed by atoms with Gasteiger partial charge in [0.1, 0.15) is 0 Å². The van der Waals surface area contributed by atoms with Crippen molar-refractivity contribution in [2.24, 2.45) is 10.7 Å². The van der Waals surface area contributed by atoms with Gasteiger partial charge in [-0.2, -0.15) is 0 Å². The number of carbonyl (C=O) groups excluding carboxylic acids is 1. The summed E-state index contributed by atoms with van der Waals surface area (Å²) < 4.78 is 0. The normalized spacial score (nSPS) is 11.4. The third-order valence-electron chi connectivity index (χ3n) is 1.84. The molecule has 4 heteroatoms. The highest BCUT2D eigenvalue weighted by atomic mass is 16.2. The van der Waals surface area contributed by atoms with Crippen LogP contribution < -0.4 is 11.1 Å². The molecular formula is C10H21N3O. The number of aliphatic imine (C=N–C) groups is 1. The Morgan fingerprint density at radius 3 is 2.50 bits per heavy atom.